The Morgan fingerprint density at radius 1 is 1.21 bits per heavy atom. The normalized spacial score (nSPS) is 28.7. The van der Waals surface area contributed by atoms with Crippen molar-refractivity contribution in [1.82, 2.24) is 15.1 Å². The second-order valence-corrected chi connectivity index (χ2v) is 6.93. The Hall–Kier alpha value is -0.610. The van der Waals surface area contributed by atoms with Crippen LogP contribution in [-0.2, 0) is 4.79 Å². The van der Waals surface area contributed by atoms with E-state index in [4.69, 9.17) is 0 Å². The molecule has 0 spiro atoms. The van der Waals surface area contributed by atoms with Crippen molar-refractivity contribution in [2.75, 3.05) is 32.7 Å². The lowest BCUT2D eigenvalue weighted by Crippen LogP contribution is -2.60. The SMILES string of the molecule is CC(C)N1CCN(C(=O)C2NCCCC2(C)C)CC1. The lowest BCUT2D eigenvalue weighted by atomic mass is 9.77. The third kappa shape index (κ3) is 3.29. The summed E-state index contributed by atoms with van der Waals surface area (Å²) in [6, 6.07) is 0.591. The van der Waals surface area contributed by atoms with Gasteiger partial charge in [0.25, 0.3) is 0 Å². The predicted octanol–water partition coefficient (Wildman–Crippen LogP) is 1.32. The second kappa shape index (κ2) is 5.80. The molecule has 110 valence electrons. The summed E-state index contributed by atoms with van der Waals surface area (Å²) < 4.78 is 0. The van der Waals surface area contributed by atoms with Crippen molar-refractivity contribution < 1.29 is 4.79 Å². The van der Waals surface area contributed by atoms with Gasteiger partial charge in [0.1, 0.15) is 0 Å². The molecule has 0 bridgehead atoms. The number of piperidine rings is 1. The molecule has 0 aromatic heterocycles. The zero-order valence-electron chi connectivity index (χ0n) is 12.9. The summed E-state index contributed by atoms with van der Waals surface area (Å²) in [4.78, 5) is 17.2. The molecule has 0 aliphatic carbocycles. The number of carbonyl (C=O) groups is 1. The van der Waals surface area contributed by atoms with E-state index in [1.165, 1.54) is 6.42 Å². The highest BCUT2D eigenvalue weighted by molar-refractivity contribution is 5.83. The van der Waals surface area contributed by atoms with Gasteiger partial charge in [0.05, 0.1) is 6.04 Å². The highest BCUT2D eigenvalue weighted by atomic mass is 16.2. The van der Waals surface area contributed by atoms with E-state index in [0.29, 0.717) is 11.9 Å². The minimum absolute atomic E-state index is 0.00634. The molecule has 0 aromatic carbocycles. The Balaban J connectivity index is 1.93. The first-order valence-electron chi connectivity index (χ1n) is 7.68. The lowest BCUT2D eigenvalue weighted by Gasteiger charge is -2.43. The summed E-state index contributed by atoms with van der Waals surface area (Å²) in [5, 5.41) is 3.44. The van der Waals surface area contributed by atoms with Gasteiger partial charge < -0.3 is 10.2 Å². The average Bonchev–Trinajstić information content (AvgIpc) is 2.37. The topological polar surface area (TPSA) is 35.6 Å². The monoisotopic (exact) mass is 267 g/mol. The number of piperazine rings is 1. The van der Waals surface area contributed by atoms with E-state index in [1.807, 2.05) is 0 Å². The fraction of sp³-hybridized carbons (Fsp3) is 0.933. The van der Waals surface area contributed by atoms with Crippen molar-refractivity contribution in [3.8, 4) is 0 Å². The lowest BCUT2D eigenvalue weighted by molar-refractivity contribution is -0.139. The smallest absolute Gasteiger partial charge is 0.240 e. The average molecular weight is 267 g/mol. The molecule has 2 saturated heterocycles. The van der Waals surface area contributed by atoms with Crippen LogP contribution < -0.4 is 5.32 Å². The highest BCUT2D eigenvalue weighted by Crippen LogP contribution is 2.31. The third-order valence-corrected chi connectivity index (χ3v) is 4.73. The number of carbonyl (C=O) groups excluding carboxylic acids is 1. The number of hydrogen-bond acceptors (Lipinski definition) is 3. The van der Waals surface area contributed by atoms with Crippen LogP contribution in [0.2, 0.25) is 0 Å². The minimum Gasteiger partial charge on any atom is -0.339 e. The van der Waals surface area contributed by atoms with Crippen LogP contribution in [0, 0.1) is 5.41 Å². The molecule has 2 rings (SSSR count). The maximum absolute atomic E-state index is 12.7. The van der Waals surface area contributed by atoms with Gasteiger partial charge in [-0.15, -0.1) is 0 Å². The van der Waals surface area contributed by atoms with E-state index >= 15 is 0 Å². The molecular weight excluding hydrogens is 238 g/mol. The van der Waals surface area contributed by atoms with Crippen molar-refractivity contribution in [2.24, 2.45) is 5.41 Å². The molecule has 4 nitrogen and oxygen atoms in total. The van der Waals surface area contributed by atoms with Gasteiger partial charge in [-0.3, -0.25) is 9.69 Å². The molecule has 4 heteroatoms. The van der Waals surface area contributed by atoms with E-state index in [2.05, 4.69) is 42.8 Å². The van der Waals surface area contributed by atoms with Crippen molar-refractivity contribution in [3.63, 3.8) is 0 Å². The predicted molar refractivity (Wildman–Crippen MR) is 78.1 cm³/mol. The first-order chi connectivity index (χ1) is 8.92. The van der Waals surface area contributed by atoms with E-state index in [1.54, 1.807) is 0 Å². The molecule has 0 radical (unpaired) electrons. The Morgan fingerprint density at radius 3 is 2.37 bits per heavy atom. The summed E-state index contributed by atoms with van der Waals surface area (Å²) in [5.41, 5.74) is 0.0878. The molecule has 2 fully saturated rings. The molecule has 2 aliphatic heterocycles. The molecule has 2 aliphatic rings. The molecular formula is C15H29N3O. The van der Waals surface area contributed by atoms with Gasteiger partial charge in [0, 0.05) is 32.2 Å². The minimum atomic E-state index is 0.00634. The largest absolute Gasteiger partial charge is 0.339 e. The highest BCUT2D eigenvalue weighted by Gasteiger charge is 2.39. The zero-order chi connectivity index (χ0) is 14.0. The first-order valence-corrected chi connectivity index (χ1v) is 7.68. The fourth-order valence-electron chi connectivity index (χ4n) is 3.27. The van der Waals surface area contributed by atoms with Crippen molar-refractivity contribution >= 4 is 5.91 Å². The van der Waals surface area contributed by atoms with E-state index < -0.39 is 0 Å². The van der Waals surface area contributed by atoms with Crippen LogP contribution in [0.5, 0.6) is 0 Å². The molecule has 1 amide bonds. The van der Waals surface area contributed by atoms with Crippen LogP contribution >= 0.6 is 0 Å². The van der Waals surface area contributed by atoms with Crippen molar-refractivity contribution in [2.45, 2.75) is 52.6 Å². The second-order valence-electron chi connectivity index (χ2n) is 6.93. The van der Waals surface area contributed by atoms with Gasteiger partial charge in [0.2, 0.25) is 5.91 Å². The van der Waals surface area contributed by atoms with Crippen LogP contribution in [0.1, 0.15) is 40.5 Å². The molecule has 0 aromatic rings. The number of nitrogens with one attached hydrogen (secondary N) is 1. The van der Waals surface area contributed by atoms with Gasteiger partial charge in [-0.1, -0.05) is 13.8 Å². The van der Waals surface area contributed by atoms with Gasteiger partial charge in [-0.25, -0.2) is 0 Å². The van der Waals surface area contributed by atoms with E-state index in [9.17, 15) is 4.79 Å². The molecule has 2 heterocycles. The fourth-order valence-corrected chi connectivity index (χ4v) is 3.27. The van der Waals surface area contributed by atoms with Crippen LogP contribution in [0.15, 0.2) is 0 Å². The summed E-state index contributed by atoms with van der Waals surface area (Å²) in [6.07, 6.45) is 2.32. The molecule has 1 unspecified atom stereocenters. The summed E-state index contributed by atoms with van der Waals surface area (Å²) >= 11 is 0. The quantitative estimate of drug-likeness (QED) is 0.819. The Labute approximate surface area is 117 Å². The van der Waals surface area contributed by atoms with Crippen molar-refractivity contribution in [1.29, 1.82) is 0 Å². The summed E-state index contributed by atoms with van der Waals surface area (Å²) in [7, 11) is 0. The van der Waals surface area contributed by atoms with Crippen LogP contribution in [0.4, 0.5) is 0 Å². The van der Waals surface area contributed by atoms with Crippen LogP contribution in [0.25, 0.3) is 0 Å². The van der Waals surface area contributed by atoms with E-state index in [-0.39, 0.29) is 11.5 Å². The van der Waals surface area contributed by atoms with Gasteiger partial charge in [-0.2, -0.15) is 0 Å². The van der Waals surface area contributed by atoms with Gasteiger partial charge in [0.15, 0.2) is 0 Å². The van der Waals surface area contributed by atoms with Gasteiger partial charge in [-0.05, 0) is 38.6 Å². The number of hydrogen-bond donors (Lipinski definition) is 1. The summed E-state index contributed by atoms with van der Waals surface area (Å²) in [5.74, 6) is 0.313. The summed E-state index contributed by atoms with van der Waals surface area (Å²) in [6.45, 7) is 13.6. The molecule has 19 heavy (non-hydrogen) atoms. The number of nitrogens with zero attached hydrogens (tertiary/aromatic N) is 2. The van der Waals surface area contributed by atoms with Crippen LogP contribution in [-0.4, -0.2) is 60.5 Å². The molecule has 0 saturated carbocycles. The van der Waals surface area contributed by atoms with Crippen molar-refractivity contribution in [3.05, 3.63) is 0 Å². The first kappa shape index (κ1) is 14.8. The Bertz CT molecular complexity index is 319. The molecule has 1 N–H and O–H groups in total. The standard InChI is InChI=1S/C15H29N3O/c1-12(2)17-8-10-18(11-9-17)14(19)13-15(3,4)6-5-7-16-13/h12-13,16H,5-11H2,1-4H3. The van der Waals surface area contributed by atoms with E-state index in [0.717, 1.165) is 39.1 Å². The zero-order valence-corrected chi connectivity index (χ0v) is 12.9. The van der Waals surface area contributed by atoms with Crippen LogP contribution in [0.3, 0.4) is 0 Å². The number of amides is 1. The maximum atomic E-state index is 12.7. The van der Waals surface area contributed by atoms with Gasteiger partial charge >= 0.3 is 0 Å². The Kier molecular flexibility index (Phi) is 4.51. The number of rotatable bonds is 2. The molecule has 1 atom stereocenters. The Morgan fingerprint density at radius 2 is 1.84 bits per heavy atom. The third-order valence-electron chi connectivity index (χ3n) is 4.73. The maximum Gasteiger partial charge on any atom is 0.240 e.